The molecule has 0 N–H and O–H groups in total. The zero-order valence-corrected chi connectivity index (χ0v) is 19.5. The fourth-order valence-electron chi connectivity index (χ4n) is 4.59. The van der Waals surface area contributed by atoms with Gasteiger partial charge >= 0.3 is 0 Å². The molecular formula is C25H35N3O4. The number of amides is 2. The zero-order valence-electron chi connectivity index (χ0n) is 19.5. The van der Waals surface area contributed by atoms with Gasteiger partial charge in [-0.05, 0) is 50.3 Å². The van der Waals surface area contributed by atoms with Crippen LogP contribution in [0.5, 0.6) is 5.75 Å². The van der Waals surface area contributed by atoms with Gasteiger partial charge in [0.25, 0.3) is 11.8 Å². The Morgan fingerprint density at radius 2 is 1.62 bits per heavy atom. The molecule has 7 nitrogen and oxygen atoms in total. The van der Waals surface area contributed by atoms with E-state index < -0.39 is 0 Å². The molecule has 0 spiro atoms. The number of likely N-dealkylation sites (tertiary alicyclic amines) is 1. The lowest BCUT2D eigenvalue weighted by atomic mass is 9.97. The molecule has 0 unspecified atom stereocenters. The average molecular weight is 442 g/mol. The van der Waals surface area contributed by atoms with Crippen LogP contribution in [0.25, 0.3) is 5.57 Å². The Morgan fingerprint density at radius 3 is 2.25 bits per heavy atom. The van der Waals surface area contributed by atoms with Gasteiger partial charge in [-0.15, -0.1) is 0 Å². The number of morpholine rings is 1. The minimum atomic E-state index is -0.186. The number of rotatable bonds is 7. The van der Waals surface area contributed by atoms with E-state index in [-0.39, 0.29) is 17.9 Å². The molecule has 0 aliphatic carbocycles. The van der Waals surface area contributed by atoms with Crippen LogP contribution in [0, 0.1) is 5.92 Å². The third kappa shape index (κ3) is 4.99. The highest BCUT2D eigenvalue weighted by atomic mass is 16.5. The molecule has 0 radical (unpaired) electrons. The van der Waals surface area contributed by atoms with Crippen LogP contribution in [-0.4, -0.2) is 85.1 Å². The van der Waals surface area contributed by atoms with Crippen molar-refractivity contribution in [1.82, 2.24) is 14.7 Å². The first kappa shape index (κ1) is 22.8. The molecule has 1 aromatic rings. The minimum absolute atomic E-state index is 0.0799. The van der Waals surface area contributed by atoms with Crippen molar-refractivity contribution in [3.63, 3.8) is 0 Å². The van der Waals surface area contributed by atoms with Crippen molar-refractivity contribution in [1.29, 1.82) is 0 Å². The Bertz CT molecular complexity index is 850. The summed E-state index contributed by atoms with van der Waals surface area (Å²) >= 11 is 0. The maximum absolute atomic E-state index is 13.5. The summed E-state index contributed by atoms with van der Waals surface area (Å²) in [6, 6.07) is 7.56. The fraction of sp³-hybridized carbons (Fsp3) is 0.600. The van der Waals surface area contributed by atoms with Crippen LogP contribution in [0.1, 0.15) is 39.2 Å². The summed E-state index contributed by atoms with van der Waals surface area (Å²) in [4.78, 5) is 32.8. The highest BCUT2D eigenvalue weighted by molar-refractivity contribution is 6.35. The predicted octanol–water partition coefficient (Wildman–Crippen LogP) is 2.62. The Morgan fingerprint density at radius 1 is 0.969 bits per heavy atom. The van der Waals surface area contributed by atoms with Crippen LogP contribution in [0.2, 0.25) is 0 Å². The molecule has 0 bridgehead atoms. The highest BCUT2D eigenvalue weighted by Gasteiger charge is 2.42. The Kier molecular flexibility index (Phi) is 7.16. The quantitative estimate of drug-likeness (QED) is 0.606. The molecule has 7 heteroatoms. The number of carbonyl (C=O) groups is 2. The molecule has 0 aromatic heterocycles. The van der Waals surface area contributed by atoms with Crippen LogP contribution < -0.4 is 4.74 Å². The van der Waals surface area contributed by atoms with Crippen LogP contribution >= 0.6 is 0 Å². The normalized spacial score (nSPS) is 21.2. The molecule has 32 heavy (non-hydrogen) atoms. The van der Waals surface area contributed by atoms with Gasteiger partial charge in [-0.3, -0.25) is 19.4 Å². The lowest BCUT2D eigenvalue weighted by Crippen LogP contribution is -2.44. The lowest BCUT2D eigenvalue weighted by Gasteiger charge is -2.33. The van der Waals surface area contributed by atoms with Gasteiger partial charge in [-0.25, -0.2) is 0 Å². The average Bonchev–Trinajstić information content (AvgIpc) is 3.03. The molecule has 2 amide bonds. The predicted molar refractivity (Wildman–Crippen MR) is 123 cm³/mol. The summed E-state index contributed by atoms with van der Waals surface area (Å²) in [5.41, 5.74) is 1.88. The number of nitrogens with zero attached hydrogens (tertiary/aromatic N) is 3. The zero-order chi connectivity index (χ0) is 22.7. The third-order valence-corrected chi connectivity index (χ3v) is 6.50. The number of hydrogen-bond donors (Lipinski definition) is 0. The second-order valence-electron chi connectivity index (χ2n) is 9.30. The van der Waals surface area contributed by atoms with Crippen molar-refractivity contribution >= 4 is 17.4 Å². The van der Waals surface area contributed by atoms with E-state index in [1.54, 1.807) is 0 Å². The molecule has 2 fully saturated rings. The fourth-order valence-corrected chi connectivity index (χ4v) is 4.59. The second kappa shape index (κ2) is 10.0. The van der Waals surface area contributed by atoms with Crippen LogP contribution in [0.4, 0.5) is 0 Å². The van der Waals surface area contributed by atoms with E-state index >= 15 is 0 Å². The molecular weight excluding hydrogens is 406 g/mol. The van der Waals surface area contributed by atoms with Crippen molar-refractivity contribution < 1.29 is 19.1 Å². The van der Waals surface area contributed by atoms with E-state index in [0.29, 0.717) is 43.5 Å². The van der Waals surface area contributed by atoms with Gasteiger partial charge in [0.1, 0.15) is 11.4 Å². The molecule has 0 saturated carbocycles. The summed E-state index contributed by atoms with van der Waals surface area (Å²) in [5.74, 6) is 1.07. The van der Waals surface area contributed by atoms with Crippen LogP contribution in [-0.2, 0) is 14.3 Å². The Hall–Kier alpha value is -2.38. The van der Waals surface area contributed by atoms with Gasteiger partial charge < -0.3 is 14.4 Å². The molecule has 1 aromatic carbocycles. The maximum Gasteiger partial charge on any atom is 0.277 e. The third-order valence-electron chi connectivity index (χ3n) is 6.50. The summed E-state index contributed by atoms with van der Waals surface area (Å²) in [6.45, 7) is 12.0. The first-order chi connectivity index (χ1) is 15.4. The molecule has 174 valence electrons. The summed E-state index contributed by atoms with van der Waals surface area (Å²) in [7, 11) is 0. The molecule has 3 aliphatic rings. The van der Waals surface area contributed by atoms with E-state index in [4.69, 9.17) is 9.47 Å². The lowest BCUT2D eigenvalue weighted by molar-refractivity contribution is -0.138. The number of benzene rings is 1. The van der Waals surface area contributed by atoms with Gasteiger partial charge in [0.05, 0.1) is 24.9 Å². The van der Waals surface area contributed by atoms with Gasteiger partial charge in [-0.1, -0.05) is 19.1 Å². The largest absolute Gasteiger partial charge is 0.491 e. The van der Waals surface area contributed by atoms with E-state index in [0.717, 1.165) is 50.3 Å². The standard InChI is InChI=1S/C25H35N3O4/c1-18(2)32-21-6-4-20(5-7-21)22-23(27-10-8-19(3)9-11-27)25(30)28(24(22)29)13-12-26-14-16-31-17-15-26/h4-7,18-19H,8-17H2,1-3H3. The van der Waals surface area contributed by atoms with Crippen molar-refractivity contribution in [2.24, 2.45) is 5.92 Å². The monoisotopic (exact) mass is 441 g/mol. The van der Waals surface area contributed by atoms with Crippen LogP contribution in [0.3, 0.4) is 0 Å². The SMILES string of the molecule is CC1CCN(C2=C(c3ccc(OC(C)C)cc3)C(=O)N(CCN3CCOCC3)C2=O)CC1. The maximum atomic E-state index is 13.5. The number of piperidine rings is 1. The number of imide groups is 1. The van der Waals surface area contributed by atoms with Crippen molar-refractivity contribution in [2.75, 3.05) is 52.5 Å². The highest BCUT2D eigenvalue weighted by Crippen LogP contribution is 2.34. The second-order valence-corrected chi connectivity index (χ2v) is 9.30. The van der Waals surface area contributed by atoms with Crippen LogP contribution in [0.15, 0.2) is 30.0 Å². The van der Waals surface area contributed by atoms with Crippen molar-refractivity contribution in [2.45, 2.75) is 39.7 Å². The van der Waals surface area contributed by atoms with Crippen molar-refractivity contribution in [3.8, 4) is 5.75 Å². The topological polar surface area (TPSA) is 62.3 Å². The van der Waals surface area contributed by atoms with Gasteiger partial charge in [0.2, 0.25) is 0 Å². The van der Waals surface area contributed by atoms with Crippen molar-refractivity contribution in [3.05, 3.63) is 35.5 Å². The Balaban J connectivity index is 1.59. The number of carbonyl (C=O) groups excluding carboxylic acids is 2. The molecule has 0 atom stereocenters. The van der Waals surface area contributed by atoms with Gasteiger partial charge in [0.15, 0.2) is 0 Å². The summed E-state index contributed by atoms with van der Waals surface area (Å²) in [5, 5.41) is 0. The summed E-state index contributed by atoms with van der Waals surface area (Å²) < 4.78 is 11.2. The Labute approximate surface area is 190 Å². The molecule has 4 rings (SSSR count). The first-order valence-electron chi connectivity index (χ1n) is 11.9. The van der Waals surface area contributed by atoms with E-state index in [1.807, 2.05) is 38.1 Å². The minimum Gasteiger partial charge on any atom is -0.491 e. The van der Waals surface area contributed by atoms with E-state index in [9.17, 15) is 9.59 Å². The van der Waals surface area contributed by atoms with E-state index in [2.05, 4.69) is 16.7 Å². The molecule has 2 saturated heterocycles. The first-order valence-corrected chi connectivity index (χ1v) is 11.9. The summed E-state index contributed by atoms with van der Waals surface area (Å²) in [6.07, 6.45) is 2.15. The smallest absolute Gasteiger partial charge is 0.277 e. The molecule has 3 heterocycles. The van der Waals surface area contributed by atoms with Gasteiger partial charge in [-0.2, -0.15) is 0 Å². The number of hydrogen-bond acceptors (Lipinski definition) is 6. The van der Waals surface area contributed by atoms with E-state index in [1.165, 1.54) is 4.90 Å². The molecule has 3 aliphatic heterocycles. The number of ether oxygens (including phenoxy) is 2. The van der Waals surface area contributed by atoms with Gasteiger partial charge in [0, 0.05) is 39.3 Å².